The van der Waals surface area contributed by atoms with E-state index < -0.39 is 0 Å². The zero-order valence-corrected chi connectivity index (χ0v) is 20.3. The van der Waals surface area contributed by atoms with Crippen molar-refractivity contribution in [2.24, 2.45) is 0 Å². The number of carbonyl (C=O) groups is 1. The van der Waals surface area contributed by atoms with Gasteiger partial charge in [-0.15, -0.1) is 0 Å². The smallest absolute Gasteiger partial charge is 0.207 e. The highest BCUT2D eigenvalue weighted by molar-refractivity contribution is 5.46. The number of aryl methyl sites for hydroxylation is 1. The van der Waals surface area contributed by atoms with Crippen molar-refractivity contribution >= 4 is 6.41 Å². The molecule has 1 aliphatic carbocycles. The lowest BCUT2D eigenvalue weighted by molar-refractivity contribution is -0.109. The first-order valence-corrected chi connectivity index (χ1v) is 11.7. The summed E-state index contributed by atoms with van der Waals surface area (Å²) in [6.45, 7) is 8.52. The Morgan fingerprint density at radius 2 is 2.09 bits per heavy atom. The zero-order chi connectivity index (χ0) is 23.1. The Balaban J connectivity index is 1.81. The van der Waals surface area contributed by atoms with E-state index in [2.05, 4.69) is 65.6 Å². The predicted molar refractivity (Wildman–Crippen MR) is 127 cm³/mol. The van der Waals surface area contributed by atoms with E-state index in [1.165, 1.54) is 17.7 Å². The van der Waals surface area contributed by atoms with Crippen molar-refractivity contribution in [1.82, 2.24) is 34.6 Å². The number of hydrogen-bond donors (Lipinski definition) is 1. The Hall–Kier alpha value is -2.29. The zero-order valence-electron chi connectivity index (χ0n) is 20.3. The van der Waals surface area contributed by atoms with Gasteiger partial charge in [0.2, 0.25) is 6.41 Å². The van der Waals surface area contributed by atoms with Gasteiger partial charge in [0.05, 0.1) is 42.2 Å². The molecule has 2 aromatic rings. The molecule has 3 rings (SSSR count). The maximum atomic E-state index is 11.1. The predicted octanol–water partition coefficient (Wildman–Crippen LogP) is 2.44. The molecule has 1 aliphatic rings. The van der Waals surface area contributed by atoms with Crippen LogP contribution in [0.5, 0.6) is 0 Å². The fourth-order valence-electron chi connectivity index (χ4n) is 4.68. The van der Waals surface area contributed by atoms with Crippen molar-refractivity contribution in [1.29, 1.82) is 0 Å². The van der Waals surface area contributed by atoms with Crippen molar-refractivity contribution in [3.05, 3.63) is 47.3 Å². The molecule has 1 unspecified atom stereocenters. The Labute approximate surface area is 192 Å². The summed E-state index contributed by atoms with van der Waals surface area (Å²) in [6.07, 6.45) is 8.14. The fourth-order valence-corrected chi connectivity index (χ4v) is 4.68. The van der Waals surface area contributed by atoms with Crippen LogP contribution < -0.4 is 5.32 Å². The van der Waals surface area contributed by atoms with E-state index in [1.54, 1.807) is 0 Å². The van der Waals surface area contributed by atoms with Crippen LogP contribution in [0.15, 0.2) is 24.7 Å². The van der Waals surface area contributed by atoms with E-state index in [0.717, 1.165) is 56.8 Å². The van der Waals surface area contributed by atoms with E-state index in [4.69, 9.17) is 9.97 Å². The third kappa shape index (κ3) is 5.74. The first-order chi connectivity index (χ1) is 15.5. The molecule has 1 N–H and O–H groups in total. The minimum absolute atomic E-state index is 0.159. The average molecular weight is 442 g/mol. The molecular formula is C24H39N7O. The summed E-state index contributed by atoms with van der Waals surface area (Å²) in [4.78, 5) is 27.6. The van der Waals surface area contributed by atoms with Crippen LogP contribution in [0, 0.1) is 0 Å². The number of nitrogens with zero attached hydrogens (tertiary/aromatic N) is 6. The second-order valence-electron chi connectivity index (χ2n) is 8.98. The molecule has 0 aromatic carbocycles. The molecule has 2 aromatic heterocycles. The van der Waals surface area contributed by atoms with Crippen LogP contribution in [0.4, 0.5) is 0 Å². The van der Waals surface area contributed by atoms with Crippen LogP contribution in [0.25, 0.3) is 0 Å². The molecule has 0 spiro atoms. The highest BCUT2D eigenvalue weighted by Gasteiger charge is 2.27. The number of likely N-dealkylation sites (N-methyl/N-ethyl adjacent to an activating group) is 2. The minimum atomic E-state index is 0.159. The third-order valence-corrected chi connectivity index (χ3v) is 6.60. The highest BCUT2D eigenvalue weighted by atomic mass is 16.1. The molecule has 2 atom stereocenters. The van der Waals surface area contributed by atoms with Crippen LogP contribution in [-0.2, 0) is 24.3 Å². The van der Waals surface area contributed by atoms with E-state index >= 15 is 0 Å². The van der Waals surface area contributed by atoms with Gasteiger partial charge >= 0.3 is 0 Å². The van der Waals surface area contributed by atoms with Crippen molar-refractivity contribution in [2.75, 3.05) is 40.8 Å². The maximum Gasteiger partial charge on any atom is 0.207 e. The van der Waals surface area contributed by atoms with Gasteiger partial charge in [-0.3, -0.25) is 19.6 Å². The van der Waals surface area contributed by atoms with Gasteiger partial charge < -0.3 is 14.8 Å². The number of fused-ring (bicyclic) bond motifs is 1. The SMILES string of the molecule is CCN(CCN(C)C)C(C)n1cnc(CN(C)[C@H]2CCCc3cccnc32)c1CNC=O. The van der Waals surface area contributed by atoms with Gasteiger partial charge in [-0.1, -0.05) is 13.0 Å². The lowest BCUT2D eigenvalue weighted by atomic mass is 9.91. The molecule has 0 aliphatic heterocycles. The standard InChI is InChI=1S/C24H39N7O/c1-6-30(14-13-28(3)4)19(2)31-17-27-21(23(31)15-25-18-32)16-29(5)22-11-7-9-20-10-8-12-26-24(20)22/h8,10,12,17-19,22H,6-7,9,11,13-16H2,1-5H3,(H,25,32)/t19?,22-/m0/s1. The maximum absolute atomic E-state index is 11.1. The van der Waals surface area contributed by atoms with Crippen molar-refractivity contribution in [3.63, 3.8) is 0 Å². The summed E-state index contributed by atoms with van der Waals surface area (Å²) in [5.74, 6) is 0. The highest BCUT2D eigenvalue weighted by Crippen LogP contribution is 2.33. The van der Waals surface area contributed by atoms with Crippen LogP contribution in [-0.4, -0.2) is 76.4 Å². The molecule has 2 heterocycles. The molecular weight excluding hydrogens is 402 g/mol. The lowest BCUT2D eigenvalue weighted by Crippen LogP contribution is -2.37. The molecule has 0 fully saturated rings. The second-order valence-corrected chi connectivity index (χ2v) is 8.98. The molecule has 1 amide bonds. The van der Waals surface area contributed by atoms with Crippen molar-refractivity contribution < 1.29 is 4.79 Å². The molecule has 32 heavy (non-hydrogen) atoms. The first-order valence-electron chi connectivity index (χ1n) is 11.7. The number of amides is 1. The summed E-state index contributed by atoms with van der Waals surface area (Å²) in [5, 5.41) is 2.86. The average Bonchev–Trinajstić information content (AvgIpc) is 3.19. The van der Waals surface area contributed by atoms with Gasteiger partial charge in [-0.2, -0.15) is 0 Å². The number of carbonyl (C=O) groups excluding carboxylic acids is 1. The van der Waals surface area contributed by atoms with E-state index in [-0.39, 0.29) is 6.17 Å². The van der Waals surface area contributed by atoms with Gasteiger partial charge in [-0.25, -0.2) is 4.98 Å². The van der Waals surface area contributed by atoms with Crippen molar-refractivity contribution in [2.45, 2.75) is 58.4 Å². The normalized spacial score (nSPS) is 17.1. The van der Waals surface area contributed by atoms with E-state index in [1.807, 2.05) is 18.6 Å². The topological polar surface area (TPSA) is 69.5 Å². The number of aromatic nitrogens is 3. The number of hydrogen-bond acceptors (Lipinski definition) is 6. The molecule has 8 heteroatoms. The van der Waals surface area contributed by atoms with Gasteiger partial charge in [0.1, 0.15) is 0 Å². The Bertz CT molecular complexity index is 866. The summed E-state index contributed by atoms with van der Waals surface area (Å²) in [5.41, 5.74) is 4.64. The summed E-state index contributed by atoms with van der Waals surface area (Å²) >= 11 is 0. The number of imidazole rings is 1. The quantitative estimate of drug-likeness (QED) is 0.510. The van der Waals surface area contributed by atoms with Crippen molar-refractivity contribution in [3.8, 4) is 0 Å². The Morgan fingerprint density at radius 3 is 2.81 bits per heavy atom. The fraction of sp³-hybridized carbons (Fsp3) is 0.625. The number of nitrogens with one attached hydrogen (secondary N) is 1. The first kappa shape index (κ1) is 24.4. The number of pyridine rings is 1. The molecule has 0 saturated carbocycles. The summed E-state index contributed by atoms with van der Waals surface area (Å²) in [7, 11) is 6.35. The minimum Gasteiger partial charge on any atom is -0.353 e. The Kier molecular flexibility index (Phi) is 8.78. The second kappa shape index (κ2) is 11.5. The van der Waals surface area contributed by atoms with Crippen LogP contribution in [0.1, 0.15) is 61.5 Å². The Morgan fingerprint density at radius 1 is 1.28 bits per heavy atom. The molecule has 0 saturated heterocycles. The van der Waals surface area contributed by atoms with Crippen LogP contribution in [0.2, 0.25) is 0 Å². The lowest BCUT2D eigenvalue weighted by Gasteiger charge is -2.32. The van der Waals surface area contributed by atoms with Crippen LogP contribution in [0.3, 0.4) is 0 Å². The number of rotatable bonds is 12. The largest absolute Gasteiger partial charge is 0.353 e. The third-order valence-electron chi connectivity index (χ3n) is 6.60. The monoisotopic (exact) mass is 441 g/mol. The molecule has 8 nitrogen and oxygen atoms in total. The molecule has 0 bridgehead atoms. The van der Waals surface area contributed by atoms with E-state index in [0.29, 0.717) is 12.6 Å². The van der Waals surface area contributed by atoms with E-state index in [9.17, 15) is 4.79 Å². The molecule has 176 valence electrons. The van der Waals surface area contributed by atoms with Crippen LogP contribution >= 0.6 is 0 Å². The van der Waals surface area contributed by atoms with Gasteiger partial charge in [0, 0.05) is 25.8 Å². The summed E-state index contributed by atoms with van der Waals surface area (Å²) < 4.78 is 2.21. The van der Waals surface area contributed by atoms with Gasteiger partial charge in [0.15, 0.2) is 0 Å². The van der Waals surface area contributed by atoms with Gasteiger partial charge in [-0.05, 0) is 65.5 Å². The molecule has 0 radical (unpaired) electrons. The van der Waals surface area contributed by atoms with Gasteiger partial charge in [0.25, 0.3) is 0 Å². The summed E-state index contributed by atoms with van der Waals surface area (Å²) in [6, 6.07) is 4.52.